The van der Waals surface area contributed by atoms with Gasteiger partial charge in [-0.15, -0.1) is 0 Å². The summed E-state index contributed by atoms with van der Waals surface area (Å²) < 4.78 is 2.05. The highest BCUT2D eigenvalue weighted by atomic mass is 79.9. The minimum Gasteiger partial charge on any atom is -0.354 e. The van der Waals surface area contributed by atoms with E-state index in [1.807, 2.05) is 12.1 Å². The van der Waals surface area contributed by atoms with Gasteiger partial charge in [0.25, 0.3) is 0 Å². The summed E-state index contributed by atoms with van der Waals surface area (Å²) in [5.41, 5.74) is 24.1. The molecular weight excluding hydrogens is 806 g/mol. The number of aldehydes is 1. The topological polar surface area (TPSA) is 61.0 Å². The highest BCUT2D eigenvalue weighted by molar-refractivity contribution is 9.10. The van der Waals surface area contributed by atoms with Crippen LogP contribution in [0.5, 0.6) is 0 Å². The number of fused-ring (bicyclic) bond motifs is 5. The molecular formula is C49H43Br2N3O. The minimum absolute atomic E-state index is 0.626. The van der Waals surface area contributed by atoms with Gasteiger partial charge in [0.2, 0.25) is 0 Å². The van der Waals surface area contributed by atoms with E-state index in [-0.39, 0.29) is 0 Å². The maximum Gasteiger partial charge on any atom is 0.166 e. The molecule has 9 rings (SSSR count). The predicted octanol–water partition coefficient (Wildman–Crippen LogP) is 13.5. The Morgan fingerprint density at radius 2 is 1.27 bits per heavy atom. The maximum absolute atomic E-state index is 11.4. The lowest BCUT2D eigenvalue weighted by molar-refractivity contribution is 0.112. The van der Waals surface area contributed by atoms with Crippen molar-refractivity contribution in [2.75, 3.05) is 0 Å². The van der Waals surface area contributed by atoms with Crippen LogP contribution >= 0.6 is 31.9 Å². The van der Waals surface area contributed by atoms with E-state index in [4.69, 9.17) is 4.99 Å². The van der Waals surface area contributed by atoms with Gasteiger partial charge >= 0.3 is 0 Å². The Labute approximate surface area is 340 Å². The Morgan fingerprint density at radius 1 is 0.655 bits per heavy atom. The molecule has 55 heavy (non-hydrogen) atoms. The van der Waals surface area contributed by atoms with Gasteiger partial charge in [0, 0.05) is 65.3 Å². The van der Waals surface area contributed by atoms with E-state index >= 15 is 0 Å². The first-order valence-electron chi connectivity index (χ1n) is 18.8. The van der Waals surface area contributed by atoms with E-state index in [0.717, 1.165) is 55.9 Å². The highest BCUT2D eigenvalue weighted by Crippen LogP contribution is 2.42. The summed E-state index contributed by atoms with van der Waals surface area (Å²) in [4.78, 5) is 23.7. The fourth-order valence-electron chi connectivity index (χ4n) is 8.92. The van der Waals surface area contributed by atoms with Crippen molar-refractivity contribution in [2.45, 2.75) is 61.3 Å². The van der Waals surface area contributed by atoms with Crippen LogP contribution in [0.15, 0.2) is 98.9 Å². The van der Waals surface area contributed by atoms with Gasteiger partial charge in [-0.2, -0.15) is 0 Å². The van der Waals surface area contributed by atoms with Gasteiger partial charge in [-0.3, -0.25) is 4.79 Å². The Bertz CT molecular complexity index is 2730. The van der Waals surface area contributed by atoms with Crippen molar-refractivity contribution >= 4 is 66.4 Å². The Balaban J connectivity index is 0.000000175. The van der Waals surface area contributed by atoms with Crippen LogP contribution in [0, 0.1) is 41.5 Å². The molecule has 1 aliphatic heterocycles. The summed E-state index contributed by atoms with van der Waals surface area (Å²) >= 11 is 7.16. The molecule has 0 atom stereocenters. The molecule has 3 heterocycles. The van der Waals surface area contributed by atoms with E-state index in [9.17, 15) is 4.79 Å². The van der Waals surface area contributed by atoms with Gasteiger partial charge in [0.15, 0.2) is 6.29 Å². The molecule has 1 aliphatic carbocycles. The van der Waals surface area contributed by atoms with Crippen molar-refractivity contribution in [2.24, 2.45) is 4.99 Å². The molecule has 5 aromatic carbocycles. The number of H-pyrrole nitrogens is 2. The molecule has 0 unspecified atom stereocenters. The molecule has 2 aliphatic rings. The summed E-state index contributed by atoms with van der Waals surface area (Å²) in [7, 11) is 0. The molecule has 0 saturated heterocycles. The van der Waals surface area contributed by atoms with Crippen molar-refractivity contribution in [3.05, 3.63) is 172 Å². The third-order valence-corrected chi connectivity index (χ3v) is 12.0. The zero-order chi connectivity index (χ0) is 38.7. The van der Waals surface area contributed by atoms with Crippen LogP contribution in [0.1, 0.15) is 89.9 Å². The van der Waals surface area contributed by atoms with Crippen LogP contribution in [-0.4, -0.2) is 22.0 Å². The van der Waals surface area contributed by atoms with Crippen molar-refractivity contribution in [1.29, 1.82) is 0 Å². The maximum atomic E-state index is 11.4. The summed E-state index contributed by atoms with van der Waals surface area (Å²) in [5, 5.41) is 2.03. The third-order valence-electron chi connectivity index (χ3n) is 11.0. The lowest BCUT2D eigenvalue weighted by Crippen LogP contribution is -2.06. The van der Waals surface area contributed by atoms with E-state index < -0.39 is 0 Å². The average molecular weight is 850 g/mol. The fraction of sp³-hybridized carbons (Fsp3) is 0.184. The molecule has 4 nitrogen and oxygen atoms in total. The lowest BCUT2D eigenvalue weighted by atomic mass is 9.91. The highest BCUT2D eigenvalue weighted by Gasteiger charge is 2.28. The summed E-state index contributed by atoms with van der Waals surface area (Å²) in [6.07, 6.45) is 5.15. The Hall–Kier alpha value is -5.04. The summed E-state index contributed by atoms with van der Waals surface area (Å²) in [6.45, 7) is 15.1. The molecule has 7 aromatic rings. The van der Waals surface area contributed by atoms with Crippen molar-refractivity contribution in [1.82, 2.24) is 9.97 Å². The second-order valence-corrected chi connectivity index (χ2v) is 16.8. The molecule has 0 amide bonds. The van der Waals surface area contributed by atoms with Crippen molar-refractivity contribution in [3.8, 4) is 22.5 Å². The largest absolute Gasteiger partial charge is 0.354 e. The van der Waals surface area contributed by atoms with Crippen LogP contribution in [0.25, 0.3) is 45.1 Å². The number of carbonyl (C=O) groups is 1. The standard InChI is InChI=1S/C31H27BrN2.C18H16BrNO/c1-5-22-26-14-20-8-6-7-9-23(20)30(26)33-27(22)16-28-25-15-21(32)10-11-24(25)31(34-28)29-18(3)12-17(2)13-19(29)4;1-10-6-11(2)17(12(3)7-10)18-14-5-4-13(19)8-15(14)16(9-21)20-18/h6-13,15-16,33H,5,14H2,1-4H3;4-9,20H,1-3H3. The summed E-state index contributed by atoms with van der Waals surface area (Å²) in [6, 6.07) is 30.2. The van der Waals surface area contributed by atoms with Gasteiger partial charge < -0.3 is 9.97 Å². The van der Waals surface area contributed by atoms with Crippen LogP contribution in [0.3, 0.4) is 0 Å². The van der Waals surface area contributed by atoms with Crippen LogP contribution in [0.2, 0.25) is 0 Å². The quantitative estimate of drug-likeness (QED) is 0.167. The van der Waals surface area contributed by atoms with Crippen molar-refractivity contribution in [3.63, 3.8) is 0 Å². The number of hydrogen-bond acceptors (Lipinski definition) is 2. The number of hydrogen-bond donors (Lipinski definition) is 2. The second-order valence-electron chi connectivity index (χ2n) is 15.0. The average Bonchev–Trinajstić information content (AvgIpc) is 3.87. The molecule has 274 valence electrons. The Kier molecular flexibility index (Phi) is 9.77. The van der Waals surface area contributed by atoms with Crippen LogP contribution in [0.4, 0.5) is 0 Å². The molecule has 2 N–H and O–H groups in total. The van der Waals surface area contributed by atoms with E-state index in [2.05, 4.69) is 169 Å². The zero-order valence-electron chi connectivity index (χ0n) is 32.3. The van der Waals surface area contributed by atoms with Crippen LogP contribution < -0.4 is 0 Å². The molecule has 6 heteroatoms. The SMILES string of the molecule is CCc1c(C=C2N=C(c3c(C)cc(C)cc3C)c3ccc(Br)cc32)[nH]c2c1Cc1ccccc1-2.Cc1cc(C)c(-c2[nH]c(C=O)c3cc(Br)ccc23)c(C)c1. The fourth-order valence-corrected chi connectivity index (χ4v) is 9.64. The van der Waals surface area contributed by atoms with E-state index in [0.29, 0.717) is 5.69 Å². The molecule has 0 radical (unpaired) electrons. The zero-order valence-corrected chi connectivity index (χ0v) is 35.4. The van der Waals surface area contributed by atoms with Gasteiger partial charge in [0.1, 0.15) is 0 Å². The molecule has 0 fully saturated rings. The normalized spacial score (nSPS) is 13.4. The number of carbonyl (C=O) groups excluding carboxylic acids is 1. The number of aromatic nitrogens is 2. The number of aromatic amines is 2. The first-order chi connectivity index (χ1) is 26.4. The second kappa shape index (κ2) is 14.6. The summed E-state index contributed by atoms with van der Waals surface area (Å²) in [5.74, 6) is 0. The molecule has 0 bridgehead atoms. The number of rotatable bonds is 5. The number of halogens is 2. The third kappa shape index (κ3) is 6.59. The predicted molar refractivity (Wildman–Crippen MR) is 238 cm³/mol. The van der Waals surface area contributed by atoms with Crippen molar-refractivity contribution < 1.29 is 4.79 Å². The molecule has 0 spiro atoms. The Morgan fingerprint density at radius 3 is 1.95 bits per heavy atom. The number of aliphatic imine (C=N–C) groups is 1. The monoisotopic (exact) mass is 847 g/mol. The van der Waals surface area contributed by atoms with Gasteiger partial charge in [-0.05, 0) is 117 Å². The van der Waals surface area contributed by atoms with Gasteiger partial charge in [-0.1, -0.05) is 111 Å². The number of nitrogens with zero attached hydrogens (tertiary/aromatic N) is 1. The number of aryl methyl sites for hydroxylation is 6. The van der Waals surface area contributed by atoms with Crippen LogP contribution in [-0.2, 0) is 12.8 Å². The molecule has 0 saturated carbocycles. The smallest absolute Gasteiger partial charge is 0.166 e. The minimum atomic E-state index is 0.626. The lowest BCUT2D eigenvalue weighted by Gasteiger charge is -2.12. The number of benzene rings is 5. The van der Waals surface area contributed by atoms with Gasteiger partial charge in [-0.25, -0.2) is 4.99 Å². The van der Waals surface area contributed by atoms with E-state index in [1.165, 1.54) is 89.3 Å². The van der Waals surface area contributed by atoms with E-state index in [1.54, 1.807) is 0 Å². The molecule has 2 aromatic heterocycles. The van der Waals surface area contributed by atoms with Gasteiger partial charge in [0.05, 0.1) is 22.8 Å². The first kappa shape index (κ1) is 36.9. The first-order valence-corrected chi connectivity index (χ1v) is 20.4. The number of nitrogens with one attached hydrogen (secondary N) is 2.